The summed E-state index contributed by atoms with van der Waals surface area (Å²) in [7, 11) is 1.63. The van der Waals surface area contributed by atoms with E-state index in [4.69, 9.17) is 4.74 Å². The lowest BCUT2D eigenvalue weighted by molar-refractivity contribution is -0.120. The molecule has 0 aliphatic heterocycles. The Kier molecular flexibility index (Phi) is 6.89. The molecule has 2 atom stereocenters. The molecule has 3 aromatic rings. The first-order valence-electron chi connectivity index (χ1n) is 8.81. The zero-order valence-corrected chi connectivity index (χ0v) is 17.5. The second-order valence-corrected chi connectivity index (χ2v) is 8.70. The number of amides is 1. The van der Waals surface area contributed by atoms with Crippen LogP contribution in [0.1, 0.15) is 25.5 Å². The van der Waals surface area contributed by atoms with Crippen LogP contribution in [0.4, 0.5) is 10.8 Å². The van der Waals surface area contributed by atoms with Gasteiger partial charge in [0.05, 0.1) is 18.4 Å². The molecule has 8 heteroatoms. The fourth-order valence-corrected chi connectivity index (χ4v) is 4.42. The average molecular weight is 415 g/mol. The van der Waals surface area contributed by atoms with E-state index in [1.54, 1.807) is 7.11 Å². The van der Waals surface area contributed by atoms with Gasteiger partial charge in [-0.05, 0) is 31.5 Å². The molecule has 1 aromatic heterocycles. The molecule has 2 aromatic carbocycles. The number of anilines is 2. The van der Waals surface area contributed by atoms with Crippen LogP contribution in [-0.4, -0.2) is 28.5 Å². The smallest absolute Gasteiger partial charge is 0.233 e. The largest absolute Gasteiger partial charge is 0.497 e. The molecule has 0 aliphatic rings. The Balaban J connectivity index is 1.55. The Morgan fingerprint density at radius 3 is 2.64 bits per heavy atom. The van der Waals surface area contributed by atoms with Gasteiger partial charge in [-0.15, -0.1) is 10.2 Å². The van der Waals surface area contributed by atoms with Crippen molar-refractivity contribution in [2.75, 3.05) is 12.4 Å². The van der Waals surface area contributed by atoms with E-state index in [0.29, 0.717) is 5.13 Å². The van der Waals surface area contributed by atoms with E-state index in [2.05, 4.69) is 20.8 Å². The molecular formula is C20H22N4O2S2. The fraction of sp³-hybridized carbons (Fsp3) is 0.250. The van der Waals surface area contributed by atoms with E-state index in [1.807, 2.05) is 68.4 Å². The molecule has 0 fully saturated rings. The Hall–Kier alpha value is -2.58. The second-order valence-electron chi connectivity index (χ2n) is 6.13. The number of rotatable bonds is 8. The predicted octanol–water partition coefficient (Wildman–Crippen LogP) is 4.65. The third-order valence-electron chi connectivity index (χ3n) is 4.03. The quantitative estimate of drug-likeness (QED) is 0.523. The zero-order valence-electron chi connectivity index (χ0n) is 15.9. The van der Waals surface area contributed by atoms with Crippen LogP contribution < -0.4 is 15.4 Å². The number of carbonyl (C=O) groups excluding carboxylic acids is 1. The van der Waals surface area contributed by atoms with Gasteiger partial charge in [-0.25, -0.2) is 0 Å². The predicted molar refractivity (Wildman–Crippen MR) is 115 cm³/mol. The summed E-state index contributed by atoms with van der Waals surface area (Å²) in [6.07, 6.45) is 0. The van der Waals surface area contributed by atoms with Gasteiger partial charge in [-0.1, -0.05) is 59.5 Å². The molecule has 0 bridgehead atoms. The van der Waals surface area contributed by atoms with Crippen LogP contribution in [0, 0.1) is 0 Å². The van der Waals surface area contributed by atoms with E-state index in [1.165, 1.54) is 23.1 Å². The summed E-state index contributed by atoms with van der Waals surface area (Å²) in [5.74, 6) is 0.737. The minimum absolute atomic E-state index is 0.0288. The number of benzene rings is 2. The van der Waals surface area contributed by atoms with E-state index in [9.17, 15) is 4.79 Å². The van der Waals surface area contributed by atoms with Crippen molar-refractivity contribution in [2.24, 2.45) is 0 Å². The first-order chi connectivity index (χ1) is 13.5. The summed E-state index contributed by atoms with van der Waals surface area (Å²) < 4.78 is 5.96. The molecule has 0 spiro atoms. The van der Waals surface area contributed by atoms with Gasteiger partial charge in [-0.2, -0.15) is 0 Å². The van der Waals surface area contributed by atoms with Crippen LogP contribution in [-0.2, 0) is 4.79 Å². The maximum Gasteiger partial charge on any atom is 0.233 e. The van der Waals surface area contributed by atoms with Gasteiger partial charge in [0, 0.05) is 11.8 Å². The molecule has 2 unspecified atom stereocenters. The normalized spacial score (nSPS) is 12.8. The number of carbonyl (C=O) groups is 1. The molecule has 1 heterocycles. The first-order valence-corrected chi connectivity index (χ1v) is 10.5. The van der Waals surface area contributed by atoms with E-state index in [0.717, 1.165) is 21.3 Å². The summed E-state index contributed by atoms with van der Waals surface area (Å²) in [6, 6.07) is 17.4. The van der Waals surface area contributed by atoms with Gasteiger partial charge in [0.1, 0.15) is 5.75 Å². The minimum atomic E-state index is -0.274. The highest BCUT2D eigenvalue weighted by molar-refractivity contribution is 8.02. The summed E-state index contributed by atoms with van der Waals surface area (Å²) in [5.41, 5.74) is 1.95. The summed E-state index contributed by atoms with van der Waals surface area (Å²) >= 11 is 2.81. The van der Waals surface area contributed by atoms with E-state index < -0.39 is 0 Å². The van der Waals surface area contributed by atoms with Gasteiger partial charge in [-0.3, -0.25) is 4.79 Å². The van der Waals surface area contributed by atoms with Crippen LogP contribution in [0.2, 0.25) is 0 Å². The number of hydrogen-bond donors (Lipinski definition) is 2. The van der Waals surface area contributed by atoms with Gasteiger partial charge in [0.25, 0.3) is 0 Å². The van der Waals surface area contributed by atoms with Crippen LogP contribution in [0.3, 0.4) is 0 Å². The fourth-order valence-electron chi connectivity index (χ4n) is 2.49. The third-order valence-corrected chi connectivity index (χ3v) is 6.06. The Bertz CT molecular complexity index is 917. The molecule has 28 heavy (non-hydrogen) atoms. The van der Waals surface area contributed by atoms with Crippen molar-refractivity contribution in [3.63, 3.8) is 0 Å². The Morgan fingerprint density at radius 1 is 1.11 bits per heavy atom. The van der Waals surface area contributed by atoms with Gasteiger partial charge < -0.3 is 15.4 Å². The number of ether oxygens (including phenoxy) is 1. The lowest BCUT2D eigenvalue weighted by Gasteiger charge is -2.17. The van der Waals surface area contributed by atoms with Crippen LogP contribution in [0.5, 0.6) is 5.75 Å². The van der Waals surface area contributed by atoms with E-state index >= 15 is 0 Å². The lowest BCUT2D eigenvalue weighted by atomic mass is 10.1. The highest BCUT2D eigenvalue weighted by Crippen LogP contribution is 2.31. The molecule has 0 radical (unpaired) electrons. The minimum Gasteiger partial charge on any atom is -0.497 e. The van der Waals surface area contributed by atoms with Crippen molar-refractivity contribution in [2.45, 2.75) is 29.5 Å². The number of nitrogens with zero attached hydrogens (tertiary/aromatic N) is 2. The van der Waals surface area contributed by atoms with Crippen molar-refractivity contribution in [3.05, 3.63) is 60.2 Å². The maximum atomic E-state index is 12.5. The molecule has 0 aliphatic carbocycles. The number of methoxy groups -OCH3 is 1. The van der Waals surface area contributed by atoms with Gasteiger partial charge in [0.2, 0.25) is 11.0 Å². The van der Waals surface area contributed by atoms with Crippen molar-refractivity contribution in [1.82, 2.24) is 15.5 Å². The van der Waals surface area contributed by atoms with Crippen LogP contribution >= 0.6 is 23.1 Å². The lowest BCUT2D eigenvalue weighted by Crippen LogP contribution is -2.33. The van der Waals surface area contributed by atoms with Crippen LogP contribution in [0.25, 0.3) is 0 Å². The maximum absolute atomic E-state index is 12.5. The van der Waals surface area contributed by atoms with Crippen molar-refractivity contribution in [1.29, 1.82) is 0 Å². The average Bonchev–Trinajstić information content (AvgIpc) is 3.15. The zero-order chi connectivity index (χ0) is 19.9. The topological polar surface area (TPSA) is 76.1 Å². The van der Waals surface area contributed by atoms with Crippen molar-refractivity contribution in [3.8, 4) is 5.75 Å². The van der Waals surface area contributed by atoms with Crippen LogP contribution in [0.15, 0.2) is 58.9 Å². The number of thioether (sulfide) groups is 1. The number of aromatic nitrogens is 2. The monoisotopic (exact) mass is 414 g/mol. The van der Waals surface area contributed by atoms with Crippen molar-refractivity contribution < 1.29 is 9.53 Å². The van der Waals surface area contributed by atoms with E-state index in [-0.39, 0.29) is 17.2 Å². The Morgan fingerprint density at radius 2 is 1.89 bits per heavy atom. The molecule has 0 saturated carbocycles. The molecule has 2 N–H and O–H groups in total. The number of nitrogens with one attached hydrogen (secondary N) is 2. The summed E-state index contributed by atoms with van der Waals surface area (Å²) in [5, 5.41) is 15.0. The molecule has 6 nitrogen and oxygen atoms in total. The molecule has 3 rings (SSSR count). The van der Waals surface area contributed by atoms with Crippen molar-refractivity contribution >= 4 is 39.8 Å². The standard InChI is InChI=1S/C20H22N4O2S2/c1-13(15-8-5-4-6-9-15)21-18(25)14(2)27-20-24-23-19(28-20)22-16-10-7-11-17(12-16)26-3/h4-14H,1-3H3,(H,21,25)(H,22,23). The highest BCUT2D eigenvalue weighted by Gasteiger charge is 2.19. The SMILES string of the molecule is COc1cccc(Nc2nnc(SC(C)C(=O)NC(C)c3ccccc3)s2)c1. The molecule has 146 valence electrons. The van der Waals surface area contributed by atoms with Gasteiger partial charge >= 0.3 is 0 Å². The summed E-state index contributed by atoms with van der Waals surface area (Å²) in [4.78, 5) is 12.5. The molecule has 0 saturated heterocycles. The first kappa shape index (κ1) is 20.2. The second kappa shape index (κ2) is 9.57. The summed E-state index contributed by atoms with van der Waals surface area (Å²) in [6.45, 7) is 3.85. The third kappa shape index (κ3) is 5.46. The number of hydrogen-bond acceptors (Lipinski definition) is 7. The van der Waals surface area contributed by atoms with Gasteiger partial charge in [0.15, 0.2) is 4.34 Å². The molecule has 1 amide bonds. The Labute approximate surface area is 172 Å². The molecular weight excluding hydrogens is 392 g/mol. The highest BCUT2D eigenvalue weighted by atomic mass is 32.2.